The van der Waals surface area contributed by atoms with Gasteiger partial charge in [-0.3, -0.25) is 9.59 Å². The van der Waals surface area contributed by atoms with E-state index in [4.69, 9.17) is 14.0 Å². The first kappa shape index (κ1) is 23.7. The number of fused-ring (bicyclic) bond motifs is 1. The summed E-state index contributed by atoms with van der Waals surface area (Å²) in [5, 5.41) is 7.07. The zero-order valence-corrected chi connectivity index (χ0v) is 19.7. The summed E-state index contributed by atoms with van der Waals surface area (Å²) < 4.78 is 44.1. The third-order valence-corrected chi connectivity index (χ3v) is 7.41. The number of carbonyl (C=O) groups is 3. The van der Waals surface area contributed by atoms with Crippen molar-refractivity contribution in [2.45, 2.75) is 63.4 Å². The molecule has 0 saturated heterocycles. The standard InChI is InChI=1S/C23H23F2N3O6S/c1-2-32-22(31)15-7-12(9-29)14(10-33-15)19(30)27-21-17(20-26-18(28-34-20)11-3-4-11)13-5-6-23(24,25)8-16(13)35-21/h9,11,15H,2-8,10H2,1H3,(H,27,30). The normalized spacial score (nSPS) is 21.4. The van der Waals surface area contributed by atoms with Crippen LogP contribution in [0.4, 0.5) is 13.8 Å². The molecule has 3 heterocycles. The Bertz CT molecular complexity index is 1220. The lowest BCUT2D eigenvalue weighted by atomic mass is 9.92. The molecule has 0 spiro atoms. The Labute approximate surface area is 202 Å². The first-order valence-electron chi connectivity index (χ1n) is 11.4. The topological polar surface area (TPSA) is 121 Å². The molecule has 3 aliphatic rings. The third kappa shape index (κ3) is 4.76. The number of nitrogens with zero attached hydrogens (tertiary/aromatic N) is 2. The van der Waals surface area contributed by atoms with Crippen molar-refractivity contribution >= 4 is 34.5 Å². The Morgan fingerprint density at radius 3 is 2.86 bits per heavy atom. The van der Waals surface area contributed by atoms with Crippen molar-refractivity contribution in [3.63, 3.8) is 0 Å². The number of nitrogens with one attached hydrogen (secondary N) is 1. The Balaban J connectivity index is 1.45. The van der Waals surface area contributed by atoms with Crippen molar-refractivity contribution in [2.75, 3.05) is 18.5 Å². The summed E-state index contributed by atoms with van der Waals surface area (Å²) in [6.45, 7) is 1.55. The van der Waals surface area contributed by atoms with E-state index in [1.807, 2.05) is 0 Å². The zero-order valence-electron chi connectivity index (χ0n) is 18.9. The van der Waals surface area contributed by atoms with Crippen LogP contribution in [0, 0.1) is 0 Å². The van der Waals surface area contributed by atoms with Crippen LogP contribution >= 0.6 is 11.3 Å². The van der Waals surface area contributed by atoms with Gasteiger partial charge in [0.25, 0.3) is 17.7 Å². The fourth-order valence-electron chi connectivity index (χ4n) is 4.26. The van der Waals surface area contributed by atoms with Gasteiger partial charge in [0, 0.05) is 41.2 Å². The minimum absolute atomic E-state index is 0.0624. The van der Waals surface area contributed by atoms with Crippen LogP contribution in [0.1, 0.15) is 54.8 Å². The van der Waals surface area contributed by atoms with E-state index < -0.39 is 30.3 Å². The molecule has 9 nitrogen and oxygen atoms in total. The molecule has 1 amide bonds. The van der Waals surface area contributed by atoms with E-state index >= 15 is 0 Å². The summed E-state index contributed by atoms with van der Waals surface area (Å²) in [5.74, 6) is -3.09. The van der Waals surface area contributed by atoms with E-state index in [9.17, 15) is 23.2 Å². The van der Waals surface area contributed by atoms with Gasteiger partial charge in [0.2, 0.25) is 0 Å². The number of ether oxygens (including phenoxy) is 2. The molecule has 2 aromatic heterocycles. The lowest BCUT2D eigenvalue weighted by Gasteiger charge is -2.23. The van der Waals surface area contributed by atoms with Crippen LogP contribution in [0.25, 0.3) is 11.5 Å². The molecule has 1 unspecified atom stereocenters. The van der Waals surface area contributed by atoms with Crippen LogP contribution in [-0.4, -0.2) is 53.5 Å². The lowest BCUT2D eigenvalue weighted by molar-refractivity contribution is -0.157. The van der Waals surface area contributed by atoms with Gasteiger partial charge in [0.05, 0.1) is 18.8 Å². The van der Waals surface area contributed by atoms with Gasteiger partial charge < -0.3 is 19.3 Å². The number of aldehydes is 1. The maximum Gasteiger partial charge on any atom is 0.335 e. The molecule has 0 aromatic carbocycles. The van der Waals surface area contributed by atoms with Gasteiger partial charge in [-0.25, -0.2) is 13.6 Å². The molecule has 1 fully saturated rings. The van der Waals surface area contributed by atoms with E-state index in [1.54, 1.807) is 6.92 Å². The molecule has 186 valence electrons. The SMILES string of the molecule is CCOC(=O)C1CC(C=O)=C(C(=O)Nc2sc3c(c2-c2nc(C4CC4)no2)CCC(F)(F)C3)CO1. The second kappa shape index (κ2) is 9.23. The maximum atomic E-state index is 14.1. The molecule has 1 atom stereocenters. The molecule has 1 saturated carbocycles. The number of amides is 1. The summed E-state index contributed by atoms with van der Waals surface area (Å²) in [6, 6.07) is 0. The number of hydrogen-bond donors (Lipinski definition) is 1. The Kier molecular flexibility index (Phi) is 6.26. The highest BCUT2D eigenvalue weighted by atomic mass is 32.1. The molecular weight excluding hydrogens is 484 g/mol. The summed E-state index contributed by atoms with van der Waals surface area (Å²) in [7, 11) is 0. The number of thiophene rings is 1. The molecule has 2 aliphatic carbocycles. The highest BCUT2D eigenvalue weighted by Gasteiger charge is 2.40. The van der Waals surface area contributed by atoms with Crippen molar-refractivity contribution in [1.29, 1.82) is 0 Å². The van der Waals surface area contributed by atoms with Gasteiger partial charge in [-0.05, 0) is 31.7 Å². The predicted octanol–water partition coefficient (Wildman–Crippen LogP) is 3.59. The van der Waals surface area contributed by atoms with Gasteiger partial charge in [-0.15, -0.1) is 11.3 Å². The number of esters is 1. The van der Waals surface area contributed by atoms with Crippen LogP contribution in [0.2, 0.25) is 0 Å². The van der Waals surface area contributed by atoms with Gasteiger partial charge in [0.15, 0.2) is 11.9 Å². The minimum atomic E-state index is -2.84. The Morgan fingerprint density at radius 2 is 2.14 bits per heavy atom. The lowest BCUT2D eigenvalue weighted by Crippen LogP contribution is -2.34. The summed E-state index contributed by atoms with van der Waals surface area (Å²) in [5.41, 5.74) is 1.29. The fourth-order valence-corrected chi connectivity index (χ4v) is 5.58. The highest BCUT2D eigenvalue weighted by Crippen LogP contribution is 2.48. The average molecular weight is 508 g/mol. The van der Waals surface area contributed by atoms with Gasteiger partial charge in [-0.1, -0.05) is 5.16 Å². The number of halogens is 2. The van der Waals surface area contributed by atoms with Crippen molar-refractivity contribution in [1.82, 2.24) is 10.1 Å². The first-order chi connectivity index (χ1) is 16.8. The first-order valence-corrected chi connectivity index (χ1v) is 12.2. The van der Waals surface area contributed by atoms with Crippen LogP contribution < -0.4 is 5.32 Å². The monoisotopic (exact) mass is 507 g/mol. The second-order valence-corrected chi connectivity index (χ2v) is 9.91. The van der Waals surface area contributed by atoms with Crippen LogP contribution in [0.3, 0.4) is 0 Å². The third-order valence-electron chi connectivity index (χ3n) is 6.26. The molecule has 0 bridgehead atoms. The van der Waals surface area contributed by atoms with Gasteiger partial charge in [-0.2, -0.15) is 4.98 Å². The summed E-state index contributed by atoms with van der Waals surface area (Å²) in [4.78, 5) is 41.7. The minimum Gasteiger partial charge on any atom is -0.464 e. The molecule has 12 heteroatoms. The van der Waals surface area contributed by atoms with Crippen LogP contribution in [0.5, 0.6) is 0 Å². The average Bonchev–Trinajstić information content (AvgIpc) is 3.47. The predicted molar refractivity (Wildman–Crippen MR) is 119 cm³/mol. The van der Waals surface area contributed by atoms with E-state index in [1.165, 1.54) is 0 Å². The molecule has 0 radical (unpaired) electrons. The molecule has 2 aromatic rings. The van der Waals surface area contributed by atoms with E-state index in [0.717, 1.165) is 24.2 Å². The number of alkyl halides is 2. The summed E-state index contributed by atoms with van der Waals surface area (Å²) >= 11 is 1.04. The van der Waals surface area contributed by atoms with Crippen molar-refractivity contribution in [3.05, 3.63) is 27.4 Å². The number of anilines is 1. The zero-order chi connectivity index (χ0) is 24.7. The largest absolute Gasteiger partial charge is 0.464 e. The molecule has 35 heavy (non-hydrogen) atoms. The van der Waals surface area contributed by atoms with E-state index in [-0.39, 0.29) is 55.4 Å². The van der Waals surface area contributed by atoms with Gasteiger partial charge in [0.1, 0.15) is 11.3 Å². The molecule has 1 N–H and O–H groups in total. The Morgan fingerprint density at radius 1 is 1.34 bits per heavy atom. The van der Waals surface area contributed by atoms with Crippen molar-refractivity contribution in [2.24, 2.45) is 0 Å². The number of aromatic nitrogens is 2. The second-order valence-electron chi connectivity index (χ2n) is 8.80. The van der Waals surface area contributed by atoms with Crippen LogP contribution in [0.15, 0.2) is 15.7 Å². The molecule has 5 rings (SSSR count). The van der Waals surface area contributed by atoms with Gasteiger partial charge >= 0.3 is 5.97 Å². The Hall–Kier alpha value is -2.99. The number of rotatable bonds is 7. The van der Waals surface area contributed by atoms with E-state index in [2.05, 4.69) is 15.5 Å². The number of carbonyl (C=O) groups excluding carboxylic acids is 3. The quantitative estimate of drug-likeness (QED) is 0.446. The molecular formula is C23H23F2N3O6S. The van der Waals surface area contributed by atoms with Crippen molar-refractivity contribution in [3.8, 4) is 11.5 Å². The smallest absolute Gasteiger partial charge is 0.335 e. The molecule has 1 aliphatic heterocycles. The van der Waals surface area contributed by atoms with E-state index in [0.29, 0.717) is 33.1 Å². The summed E-state index contributed by atoms with van der Waals surface area (Å²) in [6.07, 6.45) is 0.730. The fraction of sp³-hybridized carbons (Fsp3) is 0.522. The van der Waals surface area contributed by atoms with Crippen molar-refractivity contribution < 1.29 is 37.2 Å². The van der Waals surface area contributed by atoms with Crippen LogP contribution in [-0.2, 0) is 36.7 Å². The highest BCUT2D eigenvalue weighted by molar-refractivity contribution is 7.17. The number of hydrogen-bond acceptors (Lipinski definition) is 9. The maximum absolute atomic E-state index is 14.1.